The SMILES string of the molecule is Cc1ccc(S(=O)(=O)NCCN2CCOCC2=O)s1. The lowest BCUT2D eigenvalue weighted by atomic mass is 10.4. The standard InChI is InChI=1S/C11H16N2O4S2/c1-9-2-3-11(18-9)19(15,16)12-4-5-13-6-7-17-8-10(13)14/h2-3,12H,4-8H2,1H3. The Bertz CT molecular complexity index is 553. The molecule has 106 valence electrons. The Morgan fingerprint density at radius 2 is 2.26 bits per heavy atom. The number of amides is 1. The van der Waals surface area contributed by atoms with E-state index in [9.17, 15) is 13.2 Å². The van der Waals surface area contributed by atoms with Crippen LogP contribution in [0.4, 0.5) is 0 Å². The third-order valence-electron chi connectivity index (χ3n) is 2.74. The fourth-order valence-corrected chi connectivity index (χ4v) is 4.08. The fraction of sp³-hybridized carbons (Fsp3) is 0.545. The number of carbonyl (C=O) groups is 1. The van der Waals surface area contributed by atoms with Crippen molar-refractivity contribution in [3.05, 3.63) is 17.0 Å². The average molecular weight is 304 g/mol. The van der Waals surface area contributed by atoms with Crippen molar-refractivity contribution < 1.29 is 17.9 Å². The Hall–Kier alpha value is -0.960. The lowest BCUT2D eigenvalue weighted by molar-refractivity contribution is -0.142. The summed E-state index contributed by atoms with van der Waals surface area (Å²) in [6.45, 7) is 3.53. The number of thiophene rings is 1. The van der Waals surface area contributed by atoms with E-state index in [-0.39, 0.29) is 19.1 Å². The molecule has 0 aliphatic carbocycles. The molecular formula is C11H16N2O4S2. The second-order valence-electron chi connectivity index (χ2n) is 4.20. The third kappa shape index (κ3) is 3.75. The van der Waals surface area contributed by atoms with E-state index in [0.717, 1.165) is 4.88 Å². The van der Waals surface area contributed by atoms with Gasteiger partial charge in [0.2, 0.25) is 15.9 Å². The van der Waals surface area contributed by atoms with Crippen LogP contribution in [0.25, 0.3) is 0 Å². The minimum absolute atomic E-state index is 0.0802. The van der Waals surface area contributed by atoms with Crippen molar-refractivity contribution in [2.75, 3.05) is 32.8 Å². The van der Waals surface area contributed by atoms with Crippen LogP contribution in [0.1, 0.15) is 4.88 Å². The van der Waals surface area contributed by atoms with Gasteiger partial charge in [-0.3, -0.25) is 4.79 Å². The van der Waals surface area contributed by atoms with E-state index in [1.165, 1.54) is 11.3 Å². The molecule has 1 amide bonds. The first-order valence-corrected chi connectivity index (χ1v) is 8.20. The predicted octanol–water partition coefficient (Wildman–Crippen LogP) is 0.194. The van der Waals surface area contributed by atoms with E-state index in [1.807, 2.05) is 6.92 Å². The van der Waals surface area contributed by atoms with Crippen molar-refractivity contribution in [1.82, 2.24) is 9.62 Å². The summed E-state index contributed by atoms with van der Waals surface area (Å²) in [7, 11) is -3.46. The van der Waals surface area contributed by atoms with Gasteiger partial charge in [-0.1, -0.05) is 0 Å². The van der Waals surface area contributed by atoms with Gasteiger partial charge in [0.05, 0.1) is 6.61 Å². The van der Waals surface area contributed by atoms with Crippen LogP contribution in [0.15, 0.2) is 16.3 Å². The van der Waals surface area contributed by atoms with E-state index in [4.69, 9.17) is 4.74 Å². The molecule has 1 fully saturated rings. The van der Waals surface area contributed by atoms with E-state index in [2.05, 4.69) is 4.72 Å². The lowest BCUT2D eigenvalue weighted by Gasteiger charge is -2.26. The number of rotatable bonds is 5. The molecule has 19 heavy (non-hydrogen) atoms. The highest BCUT2D eigenvalue weighted by atomic mass is 32.2. The van der Waals surface area contributed by atoms with E-state index in [0.29, 0.717) is 23.9 Å². The zero-order valence-corrected chi connectivity index (χ0v) is 12.2. The van der Waals surface area contributed by atoms with Crippen LogP contribution in [0.3, 0.4) is 0 Å². The molecule has 2 rings (SSSR count). The van der Waals surface area contributed by atoms with Gasteiger partial charge in [0.1, 0.15) is 10.8 Å². The van der Waals surface area contributed by atoms with Crippen LogP contribution in [-0.2, 0) is 19.6 Å². The average Bonchev–Trinajstić information content (AvgIpc) is 2.79. The van der Waals surface area contributed by atoms with Crippen molar-refractivity contribution in [3.8, 4) is 0 Å². The minimum atomic E-state index is -3.46. The number of hydrogen-bond donors (Lipinski definition) is 1. The summed E-state index contributed by atoms with van der Waals surface area (Å²) in [6, 6.07) is 3.35. The summed E-state index contributed by atoms with van der Waals surface area (Å²) in [5, 5.41) is 0. The van der Waals surface area contributed by atoms with Gasteiger partial charge in [-0.2, -0.15) is 0 Å². The van der Waals surface area contributed by atoms with Crippen molar-refractivity contribution in [2.45, 2.75) is 11.1 Å². The monoisotopic (exact) mass is 304 g/mol. The molecule has 2 heterocycles. The molecule has 0 radical (unpaired) electrons. The molecule has 1 aliphatic rings. The summed E-state index contributed by atoms with van der Waals surface area (Å²) in [6.07, 6.45) is 0. The number of nitrogens with one attached hydrogen (secondary N) is 1. The summed E-state index contributed by atoms with van der Waals surface area (Å²) in [4.78, 5) is 14.0. The molecule has 1 saturated heterocycles. The van der Waals surface area contributed by atoms with Crippen LogP contribution in [-0.4, -0.2) is 52.1 Å². The summed E-state index contributed by atoms with van der Waals surface area (Å²) < 4.78 is 31.7. The van der Waals surface area contributed by atoms with Crippen molar-refractivity contribution in [2.24, 2.45) is 0 Å². The van der Waals surface area contributed by atoms with Crippen LogP contribution in [0.2, 0.25) is 0 Å². The molecule has 0 spiro atoms. The first-order valence-electron chi connectivity index (χ1n) is 5.91. The molecule has 0 unspecified atom stereocenters. The number of morpholine rings is 1. The van der Waals surface area contributed by atoms with E-state index >= 15 is 0 Å². The van der Waals surface area contributed by atoms with Gasteiger partial charge < -0.3 is 9.64 Å². The number of ether oxygens (including phenoxy) is 1. The molecule has 1 aromatic heterocycles. The number of nitrogens with zero attached hydrogens (tertiary/aromatic N) is 1. The largest absolute Gasteiger partial charge is 0.370 e. The zero-order chi connectivity index (χ0) is 13.9. The maximum atomic E-state index is 11.9. The Kier molecular flexibility index (Phi) is 4.56. The highest BCUT2D eigenvalue weighted by molar-refractivity contribution is 7.91. The van der Waals surface area contributed by atoms with E-state index < -0.39 is 10.0 Å². The van der Waals surface area contributed by atoms with Crippen LogP contribution in [0.5, 0.6) is 0 Å². The fourth-order valence-electron chi connectivity index (χ4n) is 1.73. The molecular weight excluding hydrogens is 288 g/mol. The Morgan fingerprint density at radius 1 is 1.47 bits per heavy atom. The number of carbonyl (C=O) groups excluding carboxylic acids is 1. The molecule has 1 aliphatic heterocycles. The highest BCUT2D eigenvalue weighted by Gasteiger charge is 2.20. The molecule has 6 nitrogen and oxygen atoms in total. The van der Waals surface area contributed by atoms with Gasteiger partial charge in [-0.25, -0.2) is 13.1 Å². The van der Waals surface area contributed by atoms with Crippen molar-refractivity contribution in [1.29, 1.82) is 0 Å². The molecule has 0 saturated carbocycles. The zero-order valence-electron chi connectivity index (χ0n) is 10.6. The summed E-state index contributed by atoms with van der Waals surface area (Å²) in [5.41, 5.74) is 0. The summed E-state index contributed by atoms with van der Waals surface area (Å²) in [5.74, 6) is -0.0996. The van der Waals surface area contributed by atoms with Gasteiger partial charge in [-0.05, 0) is 19.1 Å². The molecule has 0 aromatic carbocycles. The molecule has 0 bridgehead atoms. The smallest absolute Gasteiger partial charge is 0.250 e. The third-order valence-corrected chi connectivity index (χ3v) is 5.69. The maximum absolute atomic E-state index is 11.9. The normalized spacial score (nSPS) is 16.9. The predicted molar refractivity (Wildman–Crippen MR) is 71.6 cm³/mol. The Balaban J connectivity index is 1.86. The molecule has 0 atom stereocenters. The van der Waals surface area contributed by atoms with Gasteiger partial charge >= 0.3 is 0 Å². The number of sulfonamides is 1. The van der Waals surface area contributed by atoms with Crippen LogP contribution >= 0.6 is 11.3 Å². The first-order chi connectivity index (χ1) is 8.99. The van der Waals surface area contributed by atoms with Crippen LogP contribution in [0, 0.1) is 6.92 Å². The quantitative estimate of drug-likeness (QED) is 0.843. The molecule has 1 N–H and O–H groups in total. The van der Waals surface area contributed by atoms with Crippen LogP contribution < -0.4 is 4.72 Å². The second kappa shape index (κ2) is 6.00. The van der Waals surface area contributed by atoms with Gasteiger partial charge in [0.25, 0.3) is 0 Å². The topological polar surface area (TPSA) is 75.7 Å². The van der Waals surface area contributed by atoms with E-state index in [1.54, 1.807) is 17.0 Å². The lowest BCUT2D eigenvalue weighted by Crippen LogP contribution is -2.45. The minimum Gasteiger partial charge on any atom is -0.370 e. The Morgan fingerprint density at radius 3 is 2.89 bits per heavy atom. The molecule has 8 heteroatoms. The second-order valence-corrected chi connectivity index (χ2v) is 7.48. The summed E-state index contributed by atoms with van der Waals surface area (Å²) >= 11 is 1.23. The Labute approximate surface area is 116 Å². The van der Waals surface area contributed by atoms with Crippen molar-refractivity contribution in [3.63, 3.8) is 0 Å². The maximum Gasteiger partial charge on any atom is 0.250 e. The highest BCUT2D eigenvalue weighted by Crippen LogP contribution is 2.19. The molecule has 1 aromatic rings. The number of hydrogen-bond acceptors (Lipinski definition) is 5. The van der Waals surface area contributed by atoms with Gasteiger partial charge in [0, 0.05) is 24.5 Å². The van der Waals surface area contributed by atoms with Gasteiger partial charge in [-0.15, -0.1) is 11.3 Å². The first kappa shape index (κ1) is 14.4. The number of aryl methyl sites for hydroxylation is 1. The van der Waals surface area contributed by atoms with Crippen molar-refractivity contribution >= 4 is 27.3 Å². The van der Waals surface area contributed by atoms with Gasteiger partial charge in [0.15, 0.2) is 0 Å².